The Morgan fingerprint density at radius 3 is 2.78 bits per heavy atom. The van der Waals surface area contributed by atoms with Crippen molar-refractivity contribution in [3.63, 3.8) is 0 Å². The van der Waals surface area contributed by atoms with Crippen LogP contribution < -0.4 is 10.1 Å². The van der Waals surface area contributed by atoms with Crippen molar-refractivity contribution in [1.82, 2.24) is 9.36 Å². The van der Waals surface area contributed by atoms with Crippen molar-refractivity contribution >= 4 is 16.7 Å². The Hall–Kier alpha value is -2.44. The molecule has 118 valence electrons. The average Bonchev–Trinajstić information content (AvgIpc) is 3.09. The van der Waals surface area contributed by atoms with Gasteiger partial charge in [-0.25, -0.2) is 0 Å². The number of hydrogen-bond acceptors (Lipinski definition) is 6. The van der Waals surface area contributed by atoms with Gasteiger partial charge >= 0.3 is 0 Å². The highest BCUT2D eigenvalue weighted by molar-refractivity contribution is 7.09. The molecule has 3 rings (SSSR count). The standard InChI is InChI=1S/C17H17N3O2S/c1-22-14-9-5-8-13(10-14)15(21)11-18-17-19-16(20-23-17)12-6-3-2-4-7-12/h2-10,15,21H,11H2,1H3,(H,18,19,20). The fourth-order valence-electron chi connectivity index (χ4n) is 2.15. The molecule has 1 atom stereocenters. The molecule has 0 radical (unpaired) electrons. The van der Waals surface area contributed by atoms with Gasteiger partial charge in [0.1, 0.15) is 5.75 Å². The van der Waals surface area contributed by atoms with Gasteiger partial charge in [0.05, 0.1) is 13.2 Å². The molecule has 3 aromatic rings. The van der Waals surface area contributed by atoms with Gasteiger partial charge in [-0.3, -0.25) is 0 Å². The van der Waals surface area contributed by atoms with Gasteiger partial charge in [0.25, 0.3) is 0 Å². The summed E-state index contributed by atoms with van der Waals surface area (Å²) in [6.45, 7) is 0.358. The topological polar surface area (TPSA) is 67.3 Å². The third-order valence-corrected chi connectivity index (χ3v) is 4.06. The molecule has 0 bridgehead atoms. The van der Waals surface area contributed by atoms with Crippen LogP contribution in [0.25, 0.3) is 11.4 Å². The molecule has 0 aliphatic rings. The lowest BCUT2D eigenvalue weighted by Crippen LogP contribution is -2.12. The summed E-state index contributed by atoms with van der Waals surface area (Å²) in [7, 11) is 1.61. The number of ether oxygens (including phenoxy) is 1. The molecule has 1 heterocycles. The number of benzene rings is 2. The zero-order valence-electron chi connectivity index (χ0n) is 12.6. The Balaban J connectivity index is 1.63. The quantitative estimate of drug-likeness (QED) is 0.727. The summed E-state index contributed by atoms with van der Waals surface area (Å²) in [5, 5.41) is 14.1. The molecule has 0 spiro atoms. The highest BCUT2D eigenvalue weighted by Crippen LogP contribution is 2.23. The lowest BCUT2D eigenvalue weighted by atomic mass is 10.1. The summed E-state index contributed by atoms with van der Waals surface area (Å²) in [5.41, 5.74) is 1.77. The highest BCUT2D eigenvalue weighted by atomic mass is 32.1. The van der Waals surface area contributed by atoms with E-state index in [1.807, 2.05) is 54.6 Å². The van der Waals surface area contributed by atoms with Crippen LogP contribution in [0.15, 0.2) is 54.6 Å². The molecule has 2 aromatic carbocycles. The number of rotatable bonds is 6. The molecule has 0 saturated heterocycles. The number of nitrogens with zero attached hydrogens (tertiary/aromatic N) is 2. The Kier molecular flexibility index (Phi) is 4.85. The van der Waals surface area contributed by atoms with Crippen LogP contribution in [0.4, 0.5) is 5.13 Å². The maximum absolute atomic E-state index is 10.3. The molecule has 0 amide bonds. The average molecular weight is 327 g/mol. The van der Waals surface area contributed by atoms with Gasteiger partial charge in [-0.1, -0.05) is 42.5 Å². The molecule has 0 aliphatic heterocycles. The SMILES string of the molecule is COc1cccc(C(O)CNc2nc(-c3ccccc3)ns2)c1. The van der Waals surface area contributed by atoms with Crippen molar-refractivity contribution < 1.29 is 9.84 Å². The second-order valence-corrected chi connectivity index (χ2v) is 5.71. The van der Waals surface area contributed by atoms with Gasteiger partial charge in [0.15, 0.2) is 5.82 Å². The fourth-order valence-corrected chi connectivity index (χ4v) is 2.74. The number of anilines is 1. The molecule has 2 N–H and O–H groups in total. The summed E-state index contributed by atoms with van der Waals surface area (Å²) in [4.78, 5) is 4.44. The molecular weight excluding hydrogens is 310 g/mol. The van der Waals surface area contributed by atoms with Gasteiger partial charge in [-0.05, 0) is 17.7 Å². The summed E-state index contributed by atoms with van der Waals surface area (Å²) < 4.78 is 9.50. The maximum atomic E-state index is 10.3. The third-order valence-electron chi connectivity index (χ3n) is 3.38. The first-order chi connectivity index (χ1) is 11.3. The van der Waals surface area contributed by atoms with Gasteiger partial charge in [0.2, 0.25) is 5.13 Å². The van der Waals surface area contributed by atoms with Crippen molar-refractivity contribution in [3.05, 3.63) is 60.2 Å². The van der Waals surface area contributed by atoms with Crippen LogP contribution >= 0.6 is 11.5 Å². The largest absolute Gasteiger partial charge is 0.497 e. The first-order valence-corrected chi connectivity index (χ1v) is 7.98. The molecule has 0 saturated carbocycles. The Morgan fingerprint density at radius 2 is 2.00 bits per heavy atom. The van der Waals surface area contributed by atoms with Crippen LogP contribution in [0.2, 0.25) is 0 Å². The van der Waals surface area contributed by atoms with E-state index in [1.54, 1.807) is 7.11 Å². The number of methoxy groups -OCH3 is 1. The minimum Gasteiger partial charge on any atom is -0.497 e. The zero-order chi connectivity index (χ0) is 16.1. The van der Waals surface area contributed by atoms with E-state index in [2.05, 4.69) is 14.7 Å². The van der Waals surface area contributed by atoms with Gasteiger partial charge in [0, 0.05) is 23.6 Å². The molecule has 1 unspecified atom stereocenters. The number of nitrogens with one attached hydrogen (secondary N) is 1. The van der Waals surface area contributed by atoms with Crippen molar-refractivity contribution in [2.24, 2.45) is 0 Å². The molecule has 0 aliphatic carbocycles. The van der Waals surface area contributed by atoms with E-state index in [4.69, 9.17) is 4.74 Å². The van der Waals surface area contributed by atoms with Gasteiger partial charge in [-0.15, -0.1) is 0 Å². The summed E-state index contributed by atoms with van der Waals surface area (Å²) in [6.07, 6.45) is -0.644. The van der Waals surface area contributed by atoms with E-state index in [9.17, 15) is 5.11 Å². The predicted octanol–water partition coefficient (Wildman–Crippen LogP) is 3.36. The Labute approximate surface area is 138 Å². The predicted molar refractivity (Wildman–Crippen MR) is 91.8 cm³/mol. The normalized spacial score (nSPS) is 11.9. The molecular formula is C17H17N3O2S. The van der Waals surface area contributed by atoms with Gasteiger partial charge < -0.3 is 15.2 Å². The van der Waals surface area contributed by atoms with Crippen LogP contribution in [0, 0.1) is 0 Å². The van der Waals surface area contributed by atoms with Gasteiger partial charge in [-0.2, -0.15) is 9.36 Å². The molecule has 5 nitrogen and oxygen atoms in total. The first kappa shape index (κ1) is 15.5. The van der Waals surface area contributed by atoms with Crippen molar-refractivity contribution in [3.8, 4) is 17.1 Å². The lowest BCUT2D eigenvalue weighted by Gasteiger charge is -2.12. The number of aromatic nitrogens is 2. The minimum absolute atomic E-state index is 0.358. The van der Waals surface area contributed by atoms with Crippen LogP contribution in [0.1, 0.15) is 11.7 Å². The molecule has 1 aromatic heterocycles. The molecule has 6 heteroatoms. The Bertz CT molecular complexity index is 761. The highest BCUT2D eigenvalue weighted by Gasteiger charge is 2.11. The fraction of sp³-hybridized carbons (Fsp3) is 0.176. The summed E-state index contributed by atoms with van der Waals surface area (Å²) >= 11 is 1.28. The van der Waals surface area contributed by atoms with E-state index in [1.165, 1.54) is 11.5 Å². The van der Waals surface area contributed by atoms with Crippen LogP contribution in [0.3, 0.4) is 0 Å². The number of aliphatic hydroxyl groups is 1. The molecule has 23 heavy (non-hydrogen) atoms. The second kappa shape index (κ2) is 7.21. The van der Waals surface area contributed by atoms with Crippen molar-refractivity contribution in [1.29, 1.82) is 0 Å². The van der Waals surface area contributed by atoms with Crippen LogP contribution in [0.5, 0.6) is 5.75 Å². The Morgan fingerprint density at radius 1 is 1.17 bits per heavy atom. The maximum Gasteiger partial charge on any atom is 0.202 e. The lowest BCUT2D eigenvalue weighted by molar-refractivity contribution is 0.191. The van der Waals surface area contributed by atoms with Crippen molar-refractivity contribution in [2.45, 2.75) is 6.10 Å². The van der Waals surface area contributed by atoms with E-state index in [-0.39, 0.29) is 0 Å². The third kappa shape index (κ3) is 3.85. The summed E-state index contributed by atoms with van der Waals surface area (Å²) in [6, 6.07) is 17.2. The number of hydrogen-bond donors (Lipinski definition) is 2. The summed E-state index contributed by atoms with van der Waals surface area (Å²) in [5.74, 6) is 1.41. The first-order valence-electron chi connectivity index (χ1n) is 7.21. The smallest absolute Gasteiger partial charge is 0.202 e. The van der Waals surface area contributed by atoms with Crippen LogP contribution in [-0.2, 0) is 0 Å². The number of aliphatic hydroxyl groups excluding tert-OH is 1. The van der Waals surface area contributed by atoms with E-state index >= 15 is 0 Å². The monoisotopic (exact) mass is 327 g/mol. The minimum atomic E-state index is -0.644. The van der Waals surface area contributed by atoms with Crippen LogP contribution in [-0.4, -0.2) is 28.1 Å². The van der Waals surface area contributed by atoms with E-state index in [0.29, 0.717) is 17.5 Å². The van der Waals surface area contributed by atoms with E-state index in [0.717, 1.165) is 16.9 Å². The zero-order valence-corrected chi connectivity index (χ0v) is 13.5. The van der Waals surface area contributed by atoms with E-state index < -0.39 is 6.10 Å². The second-order valence-electron chi connectivity index (χ2n) is 4.96. The molecule has 0 fully saturated rings. The van der Waals surface area contributed by atoms with Crippen molar-refractivity contribution in [2.75, 3.05) is 19.0 Å².